The number of benzene rings is 1. The van der Waals surface area contributed by atoms with Crippen molar-refractivity contribution in [1.29, 1.82) is 0 Å². The molecule has 96 valence electrons. The summed E-state index contributed by atoms with van der Waals surface area (Å²) in [6.07, 6.45) is 1.46. The van der Waals surface area contributed by atoms with Crippen molar-refractivity contribution in [2.24, 2.45) is 5.73 Å². The minimum Gasteiger partial charge on any atom is -0.323 e. The normalized spacial score (nSPS) is 12.7. The molecule has 18 heavy (non-hydrogen) atoms. The minimum absolute atomic E-state index is 0.151. The first-order valence-corrected chi connectivity index (χ1v) is 7.19. The maximum absolute atomic E-state index is 13.0. The molecule has 1 aromatic carbocycles. The molecule has 0 aliphatic carbocycles. The molecule has 1 aromatic heterocycles. The molecule has 1 unspecified atom stereocenters. The summed E-state index contributed by atoms with van der Waals surface area (Å²) in [4.78, 5) is 1.01. The Morgan fingerprint density at radius 3 is 2.94 bits per heavy atom. The van der Waals surface area contributed by atoms with E-state index in [-0.39, 0.29) is 11.9 Å². The number of aryl methyl sites for hydroxylation is 1. The van der Waals surface area contributed by atoms with E-state index < -0.39 is 0 Å². The molecular formula is C12H13BrFN3S. The molecule has 0 radical (unpaired) electrons. The van der Waals surface area contributed by atoms with E-state index in [0.29, 0.717) is 6.42 Å². The fraction of sp³-hybridized carbons (Fsp3) is 0.333. The zero-order valence-corrected chi connectivity index (χ0v) is 12.3. The van der Waals surface area contributed by atoms with Gasteiger partial charge in [0.2, 0.25) is 0 Å². The third-order valence-corrected chi connectivity index (χ3v) is 4.35. The van der Waals surface area contributed by atoms with Gasteiger partial charge in [-0.25, -0.2) is 4.39 Å². The van der Waals surface area contributed by atoms with Crippen LogP contribution in [0.25, 0.3) is 0 Å². The minimum atomic E-state index is -0.257. The third kappa shape index (κ3) is 2.93. The summed E-state index contributed by atoms with van der Waals surface area (Å²) in [5, 5.41) is 4.05. The highest BCUT2D eigenvalue weighted by molar-refractivity contribution is 9.10. The molecule has 0 saturated carbocycles. The van der Waals surface area contributed by atoms with Gasteiger partial charge in [-0.15, -0.1) is 5.10 Å². The van der Waals surface area contributed by atoms with Crippen LogP contribution in [0.2, 0.25) is 0 Å². The van der Waals surface area contributed by atoms with Gasteiger partial charge in [-0.2, -0.15) is 0 Å². The van der Waals surface area contributed by atoms with Gasteiger partial charge in [0.1, 0.15) is 5.82 Å². The van der Waals surface area contributed by atoms with Gasteiger partial charge in [0.25, 0.3) is 0 Å². The molecule has 0 aliphatic rings. The number of hydrogen-bond acceptors (Lipinski definition) is 4. The Labute approximate surface area is 118 Å². The van der Waals surface area contributed by atoms with Crippen LogP contribution in [-0.4, -0.2) is 9.59 Å². The molecule has 0 fully saturated rings. The lowest BCUT2D eigenvalue weighted by Gasteiger charge is -2.11. The summed E-state index contributed by atoms with van der Waals surface area (Å²) in [5.74, 6) is -0.257. The number of nitrogens with zero attached hydrogens (tertiary/aromatic N) is 2. The number of nitrogens with two attached hydrogens (primary N) is 1. The summed E-state index contributed by atoms with van der Waals surface area (Å²) in [7, 11) is 0. The molecule has 0 saturated heterocycles. The third-order valence-electron chi connectivity index (χ3n) is 2.71. The topological polar surface area (TPSA) is 51.8 Å². The Kier molecular flexibility index (Phi) is 4.42. The van der Waals surface area contributed by atoms with Crippen molar-refractivity contribution in [3.8, 4) is 0 Å². The molecule has 6 heteroatoms. The van der Waals surface area contributed by atoms with E-state index in [4.69, 9.17) is 5.73 Å². The van der Waals surface area contributed by atoms with Gasteiger partial charge in [-0.05, 0) is 42.1 Å². The zero-order chi connectivity index (χ0) is 13.1. The van der Waals surface area contributed by atoms with Gasteiger partial charge in [0.15, 0.2) is 0 Å². The second-order valence-corrected chi connectivity index (χ2v) is 5.62. The molecule has 1 atom stereocenters. The number of halogens is 2. The SMILES string of the molecule is CCc1nnsc1C(N)Cc1ccc(F)cc1Br. The van der Waals surface area contributed by atoms with Crippen molar-refractivity contribution in [2.75, 3.05) is 0 Å². The Bertz CT molecular complexity index is 544. The van der Waals surface area contributed by atoms with Crippen molar-refractivity contribution in [2.45, 2.75) is 25.8 Å². The summed E-state index contributed by atoms with van der Waals surface area (Å²) >= 11 is 4.69. The van der Waals surface area contributed by atoms with E-state index in [1.807, 2.05) is 6.92 Å². The lowest BCUT2D eigenvalue weighted by Crippen LogP contribution is -2.14. The van der Waals surface area contributed by atoms with Gasteiger partial charge in [0.05, 0.1) is 10.6 Å². The molecule has 2 aromatic rings. The quantitative estimate of drug-likeness (QED) is 0.936. The average Bonchev–Trinajstić information content (AvgIpc) is 2.81. The smallest absolute Gasteiger partial charge is 0.124 e. The fourth-order valence-electron chi connectivity index (χ4n) is 1.76. The first-order valence-electron chi connectivity index (χ1n) is 5.62. The van der Waals surface area contributed by atoms with Crippen LogP contribution in [0.3, 0.4) is 0 Å². The molecule has 2 rings (SSSR count). The molecule has 0 aliphatic heterocycles. The van der Waals surface area contributed by atoms with Gasteiger partial charge < -0.3 is 5.73 Å². The van der Waals surface area contributed by atoms with Gasteiger partial charge in [-0.3, -0.25) is 0 Å². The second-order valence-electron chi connectivity index (χ2n) is 3.98. The monoisotopic (exact) mass is 329 g/mol. The number of rotatable bonds is 4. The molecule has 0 amide bonds. The predicted molar refractivity (Wildman–Crippen MR) is 74.0 cm³/mol. The summed E-state index contributed by atoms with van der Waals surface area (Å²) < 4.78 is 17.7. The molecule has 1 heterocycles. The fourth-order valence-corrected chi connectivity index (χ4v) is 3.01. The van der Waals surface area contributed by atoms with Crippen LogP contribution >= 0.6 is 27.5 Å². The molecule has 0 spiro atoms. The Hall–Kier alpha value is -0.850. The Morgan fingerprint density at radius 1 is 1.50 bits per heavy atom. The van der Waals surface area contributed by atoms with E-state index in [0.717, 1.165) is 27.0 Å². The van der Waals surface area contributed by atoms with Crippen molar-refractivity contribution < 1.29 is 4.39 Å². The first kappa shape index (κ1) is 13.6. The maximum atomic E-state index is 13.0. The molecular weight excluding hydrogens is 317 g/mol. The van der Waals surface area contributed by atoms with Crippen molar-refractivity contribution in [1.82, 2.24) is 9.59 Å². The molecule has 0 bridgehead atoms. The Morgan fingerprint density at radius 2 is 2.28 bits per heavy atom. The van der Waals surface area contributed by atoms with Crippen molar-refractivity contribution in [3.63, 3.8) is 0 Å². The lowest BCUT2D eigenvalue weighted by atomic mass is 10.0. The summed E-state index contributed by atoms with van der Waals surface area (Å²) in [6, 6.07) is 4.49. The van der Waals surface area contributed by atoms with Crippen LogP contribution in [0.15, 0.2) is 22.7 Å². The number of hydrogen-bond donors (Lipinski definition) is 1. The van der Waals surface area contributed by atoms with E-state index in [1.165, 1.54) is 23.7 Å². The van der Waals surface area contributed by atoms with E-state index in [1.54, 1.807) is 6.07 Å². The van der Waals surface area contributed by atoms with E-state index in [2.05, 4.69) is 25.5 Å². The van der Waals surface area contributed by atoms with Crippen LogP contribution in [0.5, 0.6) is 0 Å². The highest BCUT2D eigenvalue weighted by Gasteiger charge is 2.16. The van der Waals surface area contributed by atoms with Crippen molar-refractivity contribution >= 4 is 27.5 Å². The van der Waals surface area contributed by atoms with Gasteiger partial charge in [0, 0.05) is 10.5 Å². The van der Waals surface area contributed by atoms with Crippen LogP contribution in [0, 0.1) is 5.82 Å². The highest BCUT2D eigenvalue weighted by Crippen LogP contribution is 2.26. The Balaban J connectivity index is 2.18. The van der Waals surface area contributed by atoms with Crippen LogP contribution in [0.4, 0.5) is 4.39 Å². The molecule has 2 N–H and O–H groups in total. The van der Waals surface area contributed by atoms with E-state index in [9.17, 15) is 4.39 Å². The largest absolute Gasteiger partial charge is 0.323 e. The lowest BCUT2D eigenvalue weighted by molar-refractivity contribution is 0.624. The van der Waals surface area contributed by atoms with Crippen LogP contribution in [0.1, 0.15) is 29.1 Å². The van der Waals surface area contributed by atoms with Crippen LogP contribution in [-0.2, 0) is 12.8 Å². The predicted octanol–water partition coefficient (Wildman–Crippen LogP) is 3.24. The average molecular weight is 330 g/mol. The maximum Gasteiger partial charge on any atom is 0.124 e. The second kappa shape index (κ2) is 5.86. The van der Waals surface area contributed by atoms with Gasteiger partial charge in [-0.1, -0.05) is 33.4 Å². The number of aromatic nitrogens is 2. The zero-order valence-electron chi connectivity index (χ0n) is 9.86. The van der Waals surface area contributed by atoms with Crippen molar-refractivity contribution in [3.05, 3.63) is 44.6 Å². The summed E-state index contributed by atoms with van der Waals surface area (Å²) in [5.41, 5.74) is 8.11. The van der Waals surface area contributed by atoms with E-state index >= 15 is 0 Å². The molecule has 3 nitrogen and oxygen atoms in total. The highest BCUT2D eigenvalue weighted by atomic mass is 79.9. The van der Waals surface area contributed by atoms with Crippen LogP contribution < -0.4 is 5.73 Å². The summed E-state index contributed by atoms with van der Waals surface area (Å²) in [6.45, 7) is 2.03. The standard InChI is InChI=1S/C12H13BrFN3S/c1-2-11-12(18-17-16-11)10(15)5-7-3-4-8(14)6-9(7)13/h3-4,6,10H,2,5,15H2,1H3. The van der Waals surface area contributed by atoms with Gasteiger partial charge >= 0.3 is 0 Å². The first-order chi connectivity index (χ1) is 8.61.